The number of pyridine rings is 1. The normalized spacial score (nSPS) is 16.1. The summed E-state index contributed by atoms with van der Waals surface area (Å²) < 4.78 is 5.67. The van der Waals surface area contributed by atoms with Crippen LogP contribution in [0.4, 0.5) is 5.82 Å². The molecule has 3 heterocycles. The Morgan fingerprint density at radius 2 is 2.10 bits per heavy atom. The predicted molar refractivity (Wildman–Crippen MR) is 120 cm³/mol. The molecule has 3 aromatic rings. The fourth-order valence-corrected chi connectivity index (χ4v) is 3.93. The first kappa shape index (κ1) is 20.8. The molecule has 1 aromatic carbocycles. The number of piperidine rings is 1. The van der Waals surface area contributed by atoms with Crippen LogP contribution in [0.1, 0.15) is 41.7 Å². The van der Waals surface area contributed by atoms with Crippen molar-refractivity contribution in [3.63, 3.8) is 0 Å². The Labute approximate surface area is 182 Å². The van der Waals surface area contributed by atoms with E-state index in [-0.39, 0.29) is 11.8 Å². The molecule has 2 aromatic heterocycles. The SMILES string of the molecule is CCOc1ccccc1C(=O)N1CCC[C@H](c2cc(NC)nc(-c3cccnc3)n2)C1. The van der Waals surface area contributed by atoms with Gasteiger partial charge in [-0.1, -0.05) is 12.1 Å². The molecule has 0 spiro atoms. The smallest absolute Gasteiger partial charge is 0.257 e. The first-order chi connectivity index (χ1) is 15.2. The van der Waals surface area contributed by atoms with Crippen LogP contribution in [0.15, 0.2) is 54.9 Å². The summed E-state index contributed by atoms with van der Waals surface area (Å²) in [4.78, 5) is 28.8. The van der Waals surface area contributed by atoms with E-state index in [4.69, 9.17) is 9.72 Å². The fraction of sp³-hybridized carbons (Fsp3) is 0.333. The summed E-state index contributed by atoms with van der Waals surface area (Å²) >= 11 is 0. The number of carbonyl (C=O) groups excluding carboxylic acids is 1. The van der Waals surface area contributed by atoms with Crippen molar-refractivity contribution < 1.29 is 9.53 Å². The van der Waals surface area contributed by atoms with Crippen LogP contribution in [0.25, 0.3) is 11.4 Å². The third-order valence-corrected chi connectivity index (χ3v) is 5.47. The number of carbonyl (C=O) groups is 1. The summed E-state index contributed by atoms with van der Waals surface area (Å²) in [5.41, 5.74) is 2.42. The second-order valence-corrected chi connectivity index (χ2v) is 7.51. The van der Waals surface area contributed by atoms with Crippen LogP contribution in [-0.4, -0.2) is 52.5 Å². The van der Waals surface area contributed by atoms with Crippen molar-refractivity contribution in [2.24, 2.45) is 0 Å². The number of ether oxygens (including phenoxy) is 1. The third kappa shape index (κ3) is 4.66. The van der Waals surface area contributed by atoms with Crippen molar-refractivity contribution in [2.45, 2.75) is 25.7 Å². The van der Waals surface area contributed by atoms with Crippen molar-refractivity contribution in [2.75, 3.05) is 32.1 Å². The molecule has 31 heavy (non-hydrogen) atoms. The van der Waals surface area contributed by atoms with Crippen molar-refractivity contribution in [3.05, 3.63) is 66.1 Å². The summed E-state index contributed by atoms with van der Waals surface area (Å²) in [6, 6.07) is 13.3. The highest BCUT2D eigenvalue weighted by Gasteiger charge is 2.28. The molecule has 0 saturated carbocycles. The average molecular weight is 418 g/mol. The molecular weight excluding hydrogens is 390 g/mol. The minimum Gasteiger partial charge on any atom is -0.493 e. The van der Waals surface area contributed by atoms with Gasteiger partial charge >= 0.3 is 0 Å². The van der Waals surface area contributed by atoms with E-state index < -0.39 is 0 Å². The molecule has 1 aliphatic rings. The van der Waals surface area contributed by atoms with Gasteiger partial charge in [0.25, 0.3) is 5.91 Å². The van der Waals surface area contributed by atoms with Gasteiger partial charge < -0.3 is 15.0 Å². The first-order valence-electron chi connectivity index (χ1n) is 10.7. The zero-order chi connectivity index (χ0) is 21.6. The van der Waals surface area contributed by atoms with Gasteiger partial charge in [0.1, 0.15) is 11.6 Å². The van der Waals surface area contributed by atoms with Gasteiger partial charge in [-0.3, -0.25) is 9.78 Å². The molecular formula is C24H27N5O2. The summed E-state index contributed by atoms with van der Waals surface area (Å²) in [6.07, 6.45) is 5.40. The second kappa shape index (κ2) is 9.55. The molecule has 7 nitrogen and oxygen atoms in total. The molecule has 1 atom stereocenters. The van der Waals surface area contributed by atoms with Gasteiger partial charge in [-0.05, 0) is 44.0 Å². The number of hydrogen-bond acceptors (Lipinski definition) is 6. The Bertz CT molecular complexity index is 1040. The molecule has 1 fully saturated rings. The monoisotopic (exact) mass is 417 g/mol. The molecule has 1 amide bonds. The Kier molecular flexibility index (Phi) is 6.40. The maximum atomic E-state index is 13.3. The highest BCUT2D eigenvalue weighted by Crippen LogP contribution is 2.30. The first-order valence-corrected chi connectivity index (χ1v) is 10.7. The van der Waals surface area contributed by atoms with Crippen LogP contribution in [0.5, 0.6) is 5.75 Å². The Hall–Kier alpha value is -3.48. The van der Waals surface area contributed by atoms with Crippen LogP contribution >= 0.6 is 0 Å². The number of likely N-dealkylation sites (tertiary alicyclic amines) is 1. The van der Waals surface area contributed by atoms with E-state index in [1.54, 1.807) is 12.4 Å². The van der Waals surface area contributed by atoms with Gasteiger partial charge in [0.2, 0.25) is 0 Å². The Morgan fingerprint density at radius 1 is 1.23 bits per heavy atom. The molecule has 1 aliphatic heterocycles. The molecule has 7 heteroatoms. The number of nitrogens with zero attached hydrogens (tertiary/aromatic N) is 4. The van der Waals surface area contributed by atoms with Gasteiger partial charge in [-0.2, -0.15) is 0 Å². The van der Waals surface area contributed by atoms with E-state index >= 15 is 0 Å². The van der Waals surface area contributed by atoms with E-state index in [0.29, 0.717) is 30.3 Å². The third-order valence-electron chi connectivity index (χ3n) is 5.47. The van der Waals surface area contributed by atoms with Crippen molar-refractivity contribution in [3.8, 4) is 17.1 Å². The minimum absolute atomic E-state index is 0.00382. The number of hydrogen-bond donors (Lipinski definition) is 1. The number of anilines is 1. The van der Waals surface area contributed by atoms with Gasteiger partial charge in [-0.25, -0.2) is 9.97 Å². The van der Waals surface area contributed by atoms with Crippen molar-refractivity contribution >= 4 is 11.7 Å². The Balaban J connectivity index is 1.60. The van der Waals surface area contributed by atoms with E-state index in [1.807, 2.05) is 61.3 Å². The van der Waals surface area contributed by atoms with Crippen molar-refractivity contribution in [1.82, 2.24) is 19.9 Å². The minimum atomic E-state index is 0.00382. The number of nitrogens with one attached hydrogen (secondary N) is 1. The highest BCUT2D eigenvalue weighted by atomic mass is 16.5. The molecule has 0 aliphatic carbocycles. The van der Waals surface area contributed by atoms with Crippen LogP contribution in [0.2, 0.25) is 0 Å². The van der Waals surface area contributed by atoms with E-state index in [0.717, 1.165) is 36.5 Å². The number of rotatable bonds is 6. The highest BCUT2D eigenvalue weighted by molar-refractivity contribution is 5.97. The zero-order valence-electron chi connectivity index (χ0n) is 17.9. The van der Waals surface area contributed by atoms with Crippen molar-refractivity contribution in [1.29, 1.82) is 0 Å². The summed E-state index contributed by atoms with van der Waals surface area (Å²) in [5, 5.41) is 3.13. The number of para-hydroxylation sites is 1. The van der Waals surface area contributed by atoms with Crippen LogP contribution in [-0.2, 0) is 0 Å². The number of aromatic nitrogens is 3. The molecule has 1 saturated heterocycles. The Morgan fingerprint density at radius 3 is 2.87 bits per heavy atom. The second-order valence-electron chi connectivity index (χ2n) is 7.51. The lowest BCUT2D eigenvalue weighted by Crippen LogP contribution is -2.39. The number of benzene rings is 1. The van der Waals surface area contributed by atoms with Gasteiger partial charge in [0.05, 0.1) is 17.9 Å². The van der Waals surface area contributed by atoms with Crippen LogP contribution in [0, 0.1) is 0 Å². The van der Waals surface area contributed by atoms with E-state index in [1.165, 1.54) is 0 Å². The van der Waals surface area contributed by atoms with Crippen LogP contribution < -0.4 is 10.1 Å². The zero-order valence-corrected chi connectivity index (χ0v) is 17.9. The van der Waals surface area contributed by atoms with Gasteiger partial charge in [0, 0.05) is 50.1 Å². The molecule has 0 radical (unpaired) electrons. The lowest BCUT2D eigenvalue weighted by Gasteiger charge is -2.33. The van der Waals surface area contributed by atoms with E-state index in [9.17, 15) is 4.79 Å². The predicted octanol–water partition coefficient (Wildman–Crippen LogP) is 4.00. The standard InChI is InChI=1S/C24H27N5O2/c1-3-31-21-11-5-4-10-19(21)24(30)29-13-7-9-18(16-29)20-14-22(25-2)28-23(27-20)17-8-6-12-26-15-17/h4-6,8,10-12,14-15,18H,3,7,9,13,16H2,1-2H3,(H,25,27,28)/t18-/m0/s1. The summed E-state index contributed by atoms with van der Waals surface area (Å²) in [7, 11) is 1.85. The maximum Gasteiger partial charge on any atom is 0.257 e. The topological polar surface area (TPSA) is 80.2 Å². The van der Waals surface area contributed by atoms with E-state index in [2.05, 4.69) is 15.3 Å². The molecule has 1 N–H and O–H groups in total. The summed E-state index contributed by atoms with van der Waals surface area (Å²) in [5.74, 6) is 2.18. The maximum absolute atomic E-state index is 13.3. The molecule has 0 bridgehead atoms. The van der Waals surface area contributed by atoms with Crippen LogP contribution in [0.3, 0.4) is 0 Å². The quantitative estimate of drug-likeness (QED) is 0.653. The van der Waals surface area contributed by atoms with Gasteiger partial charge in [-0.15, -0.1) is 0 Å². The molecule has 0 unspecified atom stereocenters. The average Bonchev–Trinajstić information content (AvgIpc) is 2.84. The molecule has 160 valence electrons. The largest absolute Gasteiger partial charge is 0.493 e. The lowest BCUT2D eigenvalue weighted by atomic mass is 9.93. The fourth-order valence-electron chi connectivity index (χ4n) is 3.93. The molecule has 4 rings (SSSR count). The van der Waals surface area contributed by atoms with Gasteiger partial charge in [0.15, 0.2) is 5.82 Å². The lowest BCUT2D eigenvalue weighted by molar-refractivity contribution is 0.0702. The summed E-state index contributed by atoms with van der Waals surface area (Å²) in [6.45, 7) is 3.80. The number of amides is 1.